The number of rotatable bonds is 4. The van der Waals surface area contributed by atoms with Crippen LogP contribution in [0.4, 0.5) is 0 Å². The third-order valence-electron chi connectivity index (χ3n) is 5.78. The number of aldehydes is 1. The lowest BCUT2D eigenvalue weighted by Crippen LogP contribution is -2.46. The number of allylic oxidation sites excluding steroid dienone is 2. The van der Waals surface area contributed by atoms with Gasteiger partial charge in [-0.25, -0.2) is 0 Å². The van der Waals surface area contributed by atoms with E-state index in [1.165, 1.54) is 11.9 Å². The first-order valence-corrected chi connectivity index (χ1v) is 13.1. The van der Waals surface area contributed by atoms with E-state index >= 15 is 0 Å². The van der Waals surface area contributed by atoms with Crippen LogP contribution >= 0.6 is 0 Å². The second-order valence-corrected chi connectivity index (χ2v) is 13.7. The van der Waals surface area contributed by atoms with Crippen LogP contribution < -0.4 is 0 Å². The largest absolute Gasteiger partial charge is 0.368 e. The van der Waals surface area contributed by atoms with Crippen molar-refractivity contribution >= 4 is 14.4 Å². The SMILES string of the molecule is CC=C[C@@H]1O[C@H](CC#C[Si](C)(C)C)[C@@]2(C=O)C(C)=CC[C@H](C(C)C)[C@@H]12. The Balaban J connectivity index is 2.47. The molecule has 0 aromatic carbocycles. The van der Waals surface area contributed by atoms with Gasteiger partial charge in [0.05, 0.1) is 17.6 Å². The summed E-state index contributed by atoms with van der Waals surface area (Å²) in [5.41, 5.74) is 4.09. The minimum absolute atomic E-state index is 0.00457. The topological polar surface area (TPSA) is 26.3 Å². The van der Waals surface area contributed by atoms with Gasteiger partial charge in [-0.2, -0.15) is 0 Å². The van der Waals surface area contributed by atoms with Gasteiger partial charge in [-0.15, -0.1) is 11.5 Å². The van der Waals surface area contributed by atoms with Gasteiger partial charge in [0.2, 0.25) is 0 Å². The molecule has 2 aliphatic rings. The zero-order valence-electron chi connectivity index (χ0n) is 16.9. The summed E-state index contributed by atoms with van der Waals surface area (Å²) in [6.45, 7) is 15.4. The van der Waals surface area contributed by atoms with E-state index in [4.69, 9.17) is 4.74 Å². The third kappa shape index (κ3) is 3.86. The van der Waals surface area contributed by atoms with Crippen molar-refractivity contribution in [3.8, 4) is 11.5 Å². The average molecular weight is 359 g/mol. The monoisotopic (exact) mass is 358 g/mol. The van der Waals surface area contributed by atoms with Gasteiger partial charge in [0, 0.05) is 12.3 Å². The maximum absolute atomic E-state index is 12.5. The van der Waals surface area contributed by atoms with Gasteiger partial charge >= 0.3 is 0 Å². The van der Waals surface area contributed by atoms with E-state index in [2.05, 4.69) is 70.1 Å². The Kier molecular flexibility index (Phi) is 6.17. The predicted molar refractivity (Wildman–Crippen MR) is 108 cm³/mol. The summed E-state index contributed by atoms with van der Waals surface area (Å²) in [6, 6.07) is 0. The van der Waals surface area contributed by atoms with E-state index in [-0.39, 0.29) is 18.1 Å². The molecule has 5 atom stereocenters. The summed E-state index contributed by atoms with van der Waals surface area (Å²) >= 11 is 0. The Hall–Kier alpha value is -1.11. The lowest BCUT2D eigenvalue weighted by Gasteiger charge is -2.43. The normalized spacial score (nSPS) is 35.3. The highest BCUT2D eigenvalue weighted by Crippen LogP contribution is 2.56. The van der Waals surface area contributed by atoms with Gasteiger partial charge in [0.15, 0.2) is 0 Å². The summed E-state index contributed by atoms with van der Waals surface area (Å²) in [5, 5.41) is 0. The summed E-state index contributed by atoms with van der Waals surface area (Å²) in [6.07, 6.45) is 9.20. The molecule has 1 aliphatic heterocycles. The summed E-state index contributed by atoms with van der Waals surface area (Å²) in [4.78, 5) is 12.5. The first-order chi connectivity index (χ1) is 11.7. The van der Waals surface area contributed by atoms with Crippen LogP contribution in [0.15, 0.2) is 23.8 Å². The molecule has 2 rings (SSSR count). The molecule has 0 radical (unpaired) electrons. The standard InChI is InChI=1S/C22H34O2Si/c1-8-10-19-21-18(16(2)3)13-12-17(4)22(21,15-23)20(24-19)11-9-14-25(5,6)7/h8,10,12,15-16,18-21H,11,13H2,1-7H3/t18-,19+,20-,21+,22-/m1/s1. The van der Waals surface area contributed by atoms with Gasteiger partial charge in [-0.3, -0.25) is 0 Å². The maximum Gasteiger partial charge on any atom is 0.133 e. The average Bonchev–Trinajstić information content (AvgIpc) is 2.82. The molecule has 1 heterocycles. The number of carbonyl (C=O) groups excluding carboxylic acids is 1. The van der Waals surface area contributed by atoms with Crippen molar-refractivity contribution in [2.45, 2.75) is 72.4 Å². The van der Waals surface area contributed by atoms with Crippen molar-refractivity contribution in [3.63, 3.8) is 0 Å². The van der Waals surface area contributed by atoms with Gasteiger partial charge in [0.25, 0.3) is 0 Å². The van der Waals surface area contributed by atoms with Crippen LogP contribution in [-0.2, 0) is 9.53 Å². The van der Waals surface area contributed by atoms with Crippen molar-refractivity contribution in [1.82, 2.24) is 0 Å². The molecule has 0 spiro atoms. The van der Waals surface area contributed by atoms with Crippen molar-refractivity contribution < 1.29 is 9.53 Å². The molecule has 25 heavy (non-hydrogen) atoms. The van der Waals surface area contributed by atoms with E-state index in [1.807, 2.05) is 6.92 Å². The summed E-state index contributed by atoms with van der Waals surface area (Å²) < 4.78 is 6.46. The Morgan fingerprint density at radius 2 is 2.08 bits per heavy atom. The fourth-order valence-electron chi connectivity index (χ4n) is 4.54. The number of carbonyl (C=O) groups is 1. The highest BCUT2D eigenvalue weighted by molar-refractivity contribution is 6.83. The molecule has 0 aromatic heterocycles. The first-order valence-electron chi connectivity index (χ1n) is 9.59. The Morgan fingerprint density at radius 1 is 1.40 bits per heavy atom. The Morgan fingerprint density at radius 3 is 2.60 bits per heavy atom. The molecule has 2 nitrogen and oxygen atoms in total. The van der Waals surface area contributed by atoms with Crippen LogP contribution in [-0.4, -0.2) is 26.6 Å². The number of hydrogen-bond acceptors (Lipinski definition) is 2. The van der Waals surface area contributed by atoms with Gasteiger partial charge < -0.3 is 9.53 Å². The Labute approximate surface area is 155 Å². The molecule has 0 aromatic rings. The molecule has 1 fully saturated rings. The van der Waals surface area contributed by atoms with Gasteiger partial charge in [-0.1, -0.05) is 57.3 Å². The fraction of sp³-hybridized carbons (Fsp3) is 0.682. The molecule has 0 saturated carbocycles. The third-order valence-corrected chi connectivity index (χ3v) is 6.71. The molecule has 0 unspecified atom stereocenters. The molecule has 138 valence electrons. The van der Waals surface area contributed by atoms with Gasteiger partial charge in [0.1, 0.15) is 14.4 Å². The first kappa shape index (κ1) is 20.2. The van der Waals surface area contributed by atoms with E-state index in [1.54, 1.807) is 0 Å². The molecule has 0 N–H and O–H groups in total. The van der Waals surface area contributed by atoms with Crippen LogP contribution in [0.1, 0.15) is 40.5 Å². The molecule has 0 bridgehead atoms. The summed E-state index contributed by atoms with van der Waals surface area (Å²) in [5.74, 6) is 4.56. The molecule has 3 heteroatoms. The number of ether oxygens (including phenoxy) is 1. The minimum atomic E-state index is -1.42. The lowest BCUT2D eigenvalue weighted by molar-refractivity contribution is -0.119. The molecule has 0 amide bonds. The smallest absolute Gasteiger partial charge is 0.133 e. The highest BCUT2D eigenvalue weighted by atomic mass is 28.3. The molecular formula is C22H34O2Si. The predicted octanol–water partition coefficient (Wildman–Crippen LogP) is 5.02. The highest BCUT2D eigenvalue weighted by Gasteiger charge is 2.60. The van der Waals surface area contributed by atoms with Crippen molar-refractivity contribution in [3.05, 3.63) is 23.8 Å². The lowest BCUT2D eigenvalue weighted by atomic mass is 9.57. The second kappa shape index (κ2) is 7.64. The zero-order chi connectivity index (χ0) is 18.8. The van der Waals surface area contributed by atoms with Crippen LogP contribution in [0.5, 0.6) is 0 Å². The van der Waals surface area contributed by atoms with E-state index in [0.717, 1.165) is 6.42 Å². The van der Waals surface area contributed by atoms with E-state index in [0.29, 0.717) is 18.3 Å². The minimum Gasteiger partial charge on any atom is -0.368 e. The van der Waals surface area contributed by atoms with Crippen molar-refractivity contribution in [2.24, 2.45) is 23.2 Å². The van der Waals surface area contributed by atoms with Crippen LogP contribution in [0, 0.1) is 34.6 Å². The van der Waals surface area contributed by atoms with E-state index < -0.39 is 13.5 Å². The Bertz CT molecular complexity index is 614. The number of fused-ring (bicyclic) bond motifs is 1. The molecule has 1 saturated heterocycles. The second-order valence-electron chi connectivity index (χ2n) is 8.98. The van der Waals surface area contributed by atoms with Crippen molar-refractivity contribution in [1.29, 1.82) is 0 Å². The van der Waals surface area contributed by atoms with Crippen molar-refractivity contribution in [2.75, 3.05) is 0 Å². The molecular weight excluding hydrogens is 324 g/mol. The fourth-order valence-corrected chi connectivity index (χ4v) is 5.17. The van der Waals surface area contributed by atoms with Gasteiger partial charge in [-0.05, 0) is 32.1 Å². The van der Waals surface area contributed by atoms with Crippen LogP contribution in [0.25, 0.3) is 0 Å². The van der Waals surface area contributed by atoms with Crippen LogP contribution in [0.3, 0.4) is 0 Å². The summed E-state index contributed by atoms with van der Waals surface area (Å²) in [7, 11) is -1.42. The maximum atomic E-state index is 12.5. The van der Waals surface area contributed by atoms with E-state index in [9.17, 15) is 4.79 Å². The quantitative estimate of drug-likeness (QED) is 0.305. The number of hydrogen-bond donors (Lipinski definition) is 0. The zero-order valence-corrected chi connectivity index (χ0v) is 17.9. The molecule has 1 aliphatic carbocycles. The van der Waals surface area contributed by atoms with Crippen LogP contribution in [0.2, 0.25) is 19.6 Å².